The number of hydrogen-bond acceptors (Lipinski definition) is 6. The summed E-state index contributed by atoms with van der Waals surface area (Å²) in [6, 6.07) is 0. The van der Waals surface area contributed by atoms with Crippen molar-refractivity contribution in [2.75, 3.05) is 13.2 Å². The summed E-state index contributed by atoms with van der Waals surface area (Å²) in [5, 5.41) is -5.68. The highest BCUT2D eigenvalue weighted by Crippen LogP contribution is 2.70. The van der Waals surface area contributed by atoms with Gasteiger partial charge in [-0.3, -0.25) is 4.55 Å². The fourth-order valence-corrected chi connectivity index (χ4v) is 5.50. The molecule has 5 atom stereocenters. The SMILES string of the molecule is O=C(COC(=O)C(F)(C(F)(F)F)S(=O)(=O)O)OCC12CCCC3CC(C1)C32. The van der Waals surface area contributed by atoms with Crippen LogP contribution < -0.4 is 0 Å². The van der Waals surface area contributed by atoms with Gasteiger partial charge in [0.1, 0.15) is 0 Å². The number of carbonyl (C=O) groups is 2. The van der Waals surface area contributed by atoms with Crippen LogP contribution in [0.25, 0.3) is 0 Å². The van der Waals surface area contributed by atoms with Gasteiger partial charge in [0, 0.05) is 5.41 Å². The van der Waals surface area contributed by atoms with Crippen LogP contribution in [-0.4, -0.2) is 49.3 Å². The summed E-state index contributed by atoms with van der Waals surface area (Å²) in [4.78, 5) is 22.9. The van der Waals surface area contributed by atoms with Gasteiger partial charge in [0.2, 0.25) is 0 Å². The van der Waals surface area contributed by atoms with Crippen LogP contribution in [0.4, 0.5) is 17.6 Å². The molecule has 0 aromatic carbocycles. The summed E-state index contributed by atoms with van der Waals surface area (Å²) < 4.78 is 90.0. The minimum absolute atomic E-state index is 0.0272. The van der Waals surface area contributed by atoms with Crippen LogP contribution in [0.2, 0.25) is 0 Å². The fraction of sp³-hybridized carbons (Fsp3) is 0.867. The normalized spacial score (nSPS) is 34.3. The van der Waals surface area contributed by atoms with Crippen LogP contribution in [-0.2, 0) is 29.2 Å². The largest absolute Gasteiger partial charge is 0.463 e. The van der Waals surface area contributed by atoms with Crippen molar-refractivity contribution in [3.05, 3.63) is 0 Å². The van der Waals surface area contributed by atoms with Crippen LogP contribution >= 0.6 is 0 Å². The van der Waals surface area contributed by atoms with E-state index < -0.39 is 39.8 Å². The molecule has 27 heavy (non-hydrogen) atoms. The van der Waals surface area contributed by atoms with Gasteiger partial charge in [-0.1, -0.05) is 12.8 Å². The Bertz CT molecular complexity index is 746. The first kappa shape index (κ1) is 20.3. The molecule has 1 N–H and O–H groups in total. The van der Waals surface area contributed by atoms with Gasteiger partial charge >= 0.3 is 33.2 Å². The van der Waals surface area contributed by atoms with Crippen LogP contribution in [0.15, 0.2) is 0 Å². The zero-order chi connectivity index (χ0) is 20.3. The summed E-state index contributed by atoms with van der Waals surface area (Å²) in [7, 11) is -6.53. The van der Waals surface area contributed by atoms with Gasteiger partial charge in [-0.05, 0) is 37.0 Å². The number of alkyl halides is 4. The molecule has 0 saturated heterocycles. The van der Waals surface area contributed by atoms with Gasteiger partial charge < -0.3 is 9.47 Å². The lowest BCUT2D eigenvalue weighted by Crippen LogP contribution is -2.63. The second-order valence-electron chi connectivity index (χ2n) is 7.55. The van der Waals surface area contributed by atoms with E-state index in [0.717, 1.165) is 32.1 Å². The first-order chi connectivity index (χ1) is 12.3. The summed E-state index contributed by atoms with van der Waals surface area (Å²) in [6.45, 7) is -1.37. The first-order valence-corrected chi connectivity index (χ1v) is 9.81. The molecular formula is C15H18F4O7S. The van der Waals surface area contributed by atoms with E-state index in [1.807, 2.05) is 0 Å². The van der Waals surface area contributed by atoms with E-state index in [9.17, 15) is 35.6 Å². The Morgan fingerprint density at radius 2 is 1.81 bits per heavy atom. The molecule has 3 aliphatic carbocycles. The van der Waals surface area contributed by atoms with Gasteiger partial charge in [-0.2, -0.15) is 21.6 Å². The Hall–Kier alpha value is -1.43. The number of rotatable bonds is 6. The smallest absolute Gasteiger partial charge is 0.451 e. The molecule has 7 nitrogen and oxygen atoms in total. The van der Waals surface area contributed by atoms with Gasteiger partial charge in [0.05, 0.1) is 6.61 Å². The highest BCUT2D eigenvalue weighted by Gasteiger charge is 2.73. The van der Waals surface area contributed by atoms with Gasteiger partial charge in [-0.15, -0.1) is 0 Å². The van der Waals surface area contributed by atoms with Crippen molar-refractivity contribution < 1.29 is 49.6 Å². The lowest BCUT2D eigenvalue weighted by Gasteiger charge is -2.68. The zero-order valence-corrected chi connectivity index (χ0v) is 14.8. The van der Waals surface area contributed by atoms with Gasteiger partial charge in [-0.25, -0.2) is 14.0 Å². The lowest BCUT2D eigenvalue weighted by molar-refractivity contribution is -0.223. The van der Waals surface area contributed by atoms with Crippen molar-refractivity contribution in [2.24, 2.45) is 23.2 Å². The molecule has 0 bridgehead atoms. The predicted octanol–water partition coefficient (Wildman–Crippen LogP) is 2.02. The summed E-state index contributed by atoms with van der Waals surface area (Å²) in [5.74, 6) is -2.50. The van der Waals surface area contributed by atoms with E-state index in [1.54, 1.807) is 0 Å². The van der Waals surface area contributed by atoms with Crippen LogP contribution in [0.3, 0.4) is 0 Å². The Labute approximate surface area is 152 Å². The molecule has 154 valence electrons. The minimum Gasteiger partial charge on any atom is -0.463 e. The molecular weight excluding hydrogens is 400 g/mol. The zero-order valence-electron chi connectivity index (χ0n) is 14.0. The number of hydrogen-bond donors (Lipinski definition) is 1. The van der Waals surface area contributed by atoms with Crippen molar-refractivity contribution in [3.63, 3.8) is 0 Å². The van der Waals surface area contributed by atoms with Crippen molar-refractivity contribution in [1.82, 2.24) is 0 Å². The monoisotopic (exact) mass is 418 g/mol. The fourth-order valence-electron chi connectivity index (χ4n) is 4.94. The second-order valence-corrected chi connectivity index (χ2v) is 9.06. The molecule has 12 heteroatoms. The first-order valence-electron chi connectivity index (χ1n) is 8.37. The maximum Gasteiger partial charge on any atom is 0.451 e. The lowest BCUT2D eigenvalue weighted by atomic mass is 9.37. The highest BCUT2D eigenvalue weighted by atomic mass is 32.2. The predicted molar refractivity (Wildman–Crippen MR) is 79.3 cm³/mol. The molecule has 3 aliphatic rings. The van der Waals surface area contributed by atoms with E-state index in [1.165, 1.54) is 0 Å². The molecule has 3 fully saturated rings. The molecule has 0 aliphatic heterocycles. The Morgan fingerprint density at radius 1 is 1.15 bits per heavy atom. The van der Waals surface area contributed by atoms with Crippen LogP contribution in [0.5, 0.6) is 0 Å². The van der Waals surface area contributed by atoms with E-state index in [2.05, 4.69) is 4.74 Å². The molecule has 0 amide bonds. The summed E-state index contributed by atoms with van der Waals surface area (Å²) in [5.41, 5.74) is -0.157. The molecule has 0 aromatic rings. The Kier molecular flexibility index (Phi) is 4.73. The van der Waals surface area contributed by atoms with Crippen LogP contribution in [0, 0.1) is 23.2 Å². The molecule has 3 rings (SSSR count). The van der Waals surface area contributed by atoms with Gasteiger partial charge in [0.25, 0.3) is 0 Å². The van der Waals surface area contributed by atoms with Crippen molar-refractivity contribution >= 4 is 22.1 Å². The van der Waals surface area contributed by atoms with Crippen molar-refractivity contribution in [2.45, 2.75) is 43.3 Å². The van der Waals surface area contributed by atoms with Crippen molar-refractivity contribution in [3.8, 4) is 0 Å². The Morgan fingerprint density at radius 3 is 2.37 bits per heavy atom. The quantitative estimate of drug-likeness (QED) is 0.399. The number of carbonyl (C=O) groups excluding carboxylic acids is 2. The number of ether oxygens (including phenoxy) is 2. The molecule has 0 spiro atoms. The third kappa shape index (κ3) is 3.10. The molecule has 3 saturated carbocycles. The maximum atomic E-state index is 13.7. The minimum atomic E-state index is -6.53. The molecule has 0 radical (unpaired) electrons. The second kappa shape index (κ2) is 6.29. The Balaban J connectivity index is 1.54. The van der Waals surface area contributed by atoms with Crippen LogP contribution in [0.1, 0.15) is 32.1 Å². The van der Waals surface area contributed by atoms with E-state index in [4.69, 9.17) is 9.29 Å². The molecule has 5 unspecified atom stereocenters. The number of halogens is 4. The molecule has 0 heterocycles. The average molecular weight is 418 g/mol. The third-order valence-electron chi connectivity index (χ3n) is 6.07. The van der Waals surface area contributed by atoms with E-state index in [-0.39, 0.29) is 12.0 Å². The standard InChI is InChI=1S/C15H18F4O7S/c16-14(15(17,18)19,27(22,23)24)12(21)25-6-10(20)26-7-13-3-1-2-8-4-9(5-13)11(8)13/h8-9,11H,1-7H2,(H,22,23,24). The topological polar surface area (TPSA) is 107 Å². The van der Waals surface area contributed by atoms with E-state index >= 15 is 0 Å². The van der Waals surface area contributed by atoms with E-state index in [0.29, 0.717) is 17.8 Å². The highest BCUT2D eigenvalue weighted by molar-refractivity contribution is 7.88. The average Bonchev–Trinajstić information content (AvgIpc) is 2.49. The maximum absolute atomic E-state index is 13.7. The molecule has 0 aromatic heterocycles. The van der Waals surface area contributed by atoms with Crippen molar-refractivity contribution in [1.29, 1.82) is 0 Å². The summed E-state index contributed by atoms with van der Waals surface area (Å²) in [6.07, 6.45) is -1.26. The summed E-state index contributed by atoms with van der Waals surface area (Å²) >= 11 is 0. The number of esters is 2. The third-order valence-corrected chi connectivity index (χ3v) is 7.18. The van der Waals surface area contributed by atoms with Gasteiger partial charge in [0.15, 0.2) is 6.61 Å².